The number of anilines is 1. The molecule has 30 heavy (non-hydrogen) atoms. The van der Waals surface area contributed by atoms with E-state index < -0.39 is 31.9 Å². The van der Waals surface area contributed by atoms with E-state index in [1.54, 1.807) is 0 Å². The lowest BCUT2D eigenvalue weighted by molar-refractivity contribution is -0.0606. The highest BCUT2D eigenvalue weighted by molar-refractivity contribution is 7.56. The molecule has 0 bridgehead atoms. The number of aromatic nitrogens is 4. The SMILES string of the molecule is CP(=O)(O)COC[C@H]1O[C@@H](n2cnc3c(NC4CCCC4)nc(Cl)nc32)[C@H](O)[C@@H]1O. The van der Waals surface area contributed by atoms with Crippen LogP contribution in [0.2, 0.25) is 5.28 Å². The molecule has 3 heterocycles. The first-order chi connectivity index (χ1) is 14.2. The number of nitrogens with one attached hydrogen (secondary N) is 1. The van der Waals surface area contributed by atoms with Crippen molar-refractivity contribution in [3.63, 3.8) is 0 Å². The molecule has 4 rings (SSSR count). The zero-order valence-electron chi connectivity index (χ0n) is 16.4. The molecule has 4 N–H and O–H groups in total. The number of ether oxygens (including phenoxy) is 2. The van der Waals surface area contributed by atoms with Crippen molar-refractivity contribution >= 4 is 36.0 Å². The summed E-state index contributed by atoms with van der Waals surface area (Å²) in [7, 11) is -3.35. The maximum atomic E-state index is 11.4. The monoisotopic (exact) mass is 461 g/mol. The number of nitrogens with zero attached hydrogens (tertiary/aromatic N) is 4. The molecule has 0 spiro atoms. The molecular formula is C17H25ClN5O6P. The summed E-state index contributed by atoms with van der Waals surface area (Å²) in [5, 5.41) is 24.2. The minimum atomic E-state index is -3.35. The van der Waals surface area contributed by atoms with Crippen molar-refractivity contribution in [3.8, 4) is 0 Å². The van der Waals surface area contributed by atoms with Crippen molar-refractivity contribution < 1.29 is 29.1 Å². The average molecular weight is 462 g/mol. The predicted octanol–water partition coefficient (Wildman–Crippen LogP) is 1.33. The Labute approximate surface area is 177 Å². The maximum Gasteiger partial charge on any atom is 0.226 e. The summed E-state index contributed by atoms with van der Waals surface area (Å²) >= 11 is 6.12. The molecular weight excluding hydrogens is 437 g/mol. The van der Waals surface area contributed by atoms with Crippen molar-refractivity contribution in [1.29, 1.82) is 0 Å². The van der Waals surface area contributed by atoms with Gasteiger partial charge in [-0.25, -0.2) is 4.98 Å². The molecule has 1 aliphatic heterocycles. The summed E-state index contributed by atoms with van der Waals surface area (Å²) in [5.41, 5.74) is 0.852. The topological polar surface area (TPSA) is 152 Å². The van der Waals surface area contributed by atoms with Gasteiger partial charge in [-0.2, -0.15) is 9.97 Å². The normalized spacial score (nSPS) is 29.5. The lowest BCUT2D eigenvalue weighted by atomic mass is 10.1. The van der Waals surface area contributed by atoms with Crippen LogP contribution in [0.25, 0.3) is 11.2 Å². The zero-order chi connectivity index (χ0) is 21.5. The van der Waals surface area contributed by atoms with Crippen LogP contribution in [-0.4, -0.2) is 78.6 Å². The molecule has 1 unspecified atom stereocenters. The molecule has 13 heteroatoms. The van der Waals surface area contributed by atoms with Crippen LogP contribution in [-0.2, 0) is 14.0 Å². The third-order valence-corrected chi connectivity index (χ3v) is 6.15. The number of aliphatic hydroxyl groups excluding tert-OH is 2. The summed E-state index contributed by atoms with van der Waals surface area (Å²) in [6.45, 7) is 1.03. The van der Waals surface area contributed by atoms with Crippen molar-refractivity contribution in [1.82, 2.24) is 19.5 Å². The van der Waals surface area contributed by atoms with Crippen molar-refractivity contribution in [2.45, 2.75) is 56.3 Å². The minimum absolute atomic E-state index is 0.0271. The van der Waals surface area contributed by atoms with Crippen molar-refractivity contribution in [3.05, 3.63) is 11.6 Å². The number of halogens is 1. The molecule has 166 valence electrons. The standard InChI is InChI=1S/C17H25ClN5O6P/c1-30(26,27)8-28-6-10-12(24)13(25)16(29-10)23-7-19-11-14(20-9-4-2-3-5-9)21-17(18)22-15(11)23/h7,9-10,12-13,16,24-25H,2-6,8H2,1H3,(H,26,27)(H,20,21,22)/t10-,12-,13-,16-/m1/s1. The van der Waals surface area contributed by atoms with E-state index in [-0.39, 0.29) is 18.2 Å². The number of fused-ring (bicyclic) bond motifs is 1. The molecule has 2 fully saturated rings. The van der Waals surface area contributed by atoms with Gasteiger partial charge in [-0.1, -0.05) is 12.8 Å². The fraction of sp³-hybridized carbons (Fsp3) is 0.706. The van der Waals surface area contributed by atoms with Crippen molar-refractivity contribution in [2.24, 2.45) is 0 Å². The molecule has 5 atom stereocenters. The highest BCUT2D eigenvalue weighted by Crippen LogP contribution is 2.36. The number of aliphatic hydroxyl groups is 2. The van der Waals surface area contributed by atoms with Gasteiger partial charge in [0.25, 0.3) is 0 Å². The first-order valence-corrected chi connectivity index (χ1v) is 12.4. The molecule has 1 saturated heterocycles. The average Bonchev–Trinajstić information content (AvgIpc) is 3.37. The van der Waals surface area contributed by atoms with E-state index in [1.807, 2.05) is 0 Å². The first-order valence-electron chi connectivity index (χ1n) is 9.78. The Morgan fingerprint density at radius 3 is 2.77 bits per heavy atom. The lowest BCUT2D eigenvalue weighted by Crippen LogP contribution is -2.33. The Morgan fingerprint density at radius 2 is 2.07 bits per heavy atom. The van der Waals surface area contributed by atoms with Gasteiger partial charge in [-0.3, -0.25) is 9.13 Å². The quantitative estimate of drug-likeness (QED) is 0.351. The number of imidazole rings is 1. The third-order valence-electron chi connectivity index (χ3n) is 5.31. The van der Waals surface area contributed by atoms with Gasteiger partial charge in [0.05, 0.1) is 12.9 Å². The summed E-state index contributed by atoms with van der Waals surface area (Å²) in [6.07, 6.45) is 1.08. The van der Waals surface area contributed by atoms with Gasteiger partial charge in [0, 0.05) is 12.7 Å². The predicted molar refractivity (Wildman–Crippen MR) is 109 cm³/mol. The third kappa shape index (κ3) is 4.62. The smallest absolute Gasteiger partial charge is 0.226 e. The zero-order valence-corrected chi connectivity index (χ0v) is 18.0. The molecule has 2 aromatic rings. The Bertz CT molecular complexity index is 948. The van der Waals surface area contributed by atoms with E-state index in [2.05, 4.69) is 20.3 Å². The van der Waals surface area contributed by atoms with Gasteiger partial charge >= 0.3 is 0 Å². The van der Waals surface area contributed by atoms with Crippen molar-refractivity contribution in [2.75, 3.05) is 24.9 Å². The van der Waals surface area contributed by atoms with E-state index in [1.165, 1.54) is 17.6 Å². The second-order valence-corrected chi connectivity index (χ2v) is 10.6. The Hall–Kier alpha value is -1.33. The van der Waals surface area contributed by atoms with Crippen LogP contribution in [0.5, 0.6) is 0 Å². The summed E-state index contributed by atoms with van der Waals surface area (Å²) in [4.78, 5) is 22.2. The van der Waals surface area contributed by atoms with Gasteiger partial charge in [-0.05, 0) is 24.4 Å². The van der Waals surface area contributed by atoms with E-state index in [9.17, 15) is 19.7 Å². The fourth-order valence-corrected chi connectivity index (χ4v) is 4.48. The van der Waals surface area contributed by atoms with Crippen LogP contribution in [0, 0.1) is 0 Å². The lowest BCUT2D eigenvalue weighted by Gasteiger charge is -2.17. The van der Waals surface area contributed by atoms with Crippen LogP contribution in [0.1, 0.15) is 31.9 Å². The molecule has 1 aliphatic carbocycles. The highest BCUT2D eigenvalue weighted by Gasteiger charge is 2.44. The summed E-state index contributed by atoms with van der Waals surface area (Å²) in [5.74, 6) is 0.519. The Kier molecular flexibility index (Phi) is 6.32. The first kappa shape index (κ1) is 21.9. The molecule has 0 amide bonds. The summed E-state index contributed by atoms with van der Waals surface area (Å²) < 4.78 is 23.8. The van der Waals surface area contributed by atoms with Crippen LogP contribution in [0.15, 0.2) is 6.33 Å². The Balaban J connectivity index is 1.55. The van der Waals surface area contributed by atoms with E-state index in [0.717, 1.165) is 25.7 Å². The largest absolute Gasteiger partial charge is 0.387 e. The molecule has 11 nitrogen and oxygen atoms in total. The second kappa shape index (κ2) is 8.66. The maximum absolute atomic E-state index is 11.4. The van der Waals surface area contributed by atoms with Gasteiger partial charge in [0.2, 0.25) is 12.7 Å². The minimum Gasteiger partial charge on any atom is -0.387 e. The number of hydrogen-bond donors (Lipinski definition) is 4. The van der Waals surface area contributed by atoms with E-state index >= 15 is 0 Å². The van der Waals surface area contributed by atoms with Crippen LogP contribution < -0.4 is 5.32 Å². The van der Waals surface area contributed by atoms with Gasteiger partial charge in [-0.15, -0.1) is 0 Å². The van der Waals surface area contributed by atoms with Crippen LogP contribution in [0.3, 0.4) is 0 Å². The second-order valence-electron chi connectivity index (χ2n) is 7.89. The molecule has 2 aromatic heterocycles. The highest BCUT2D eigenvalue weighted by atomic mass is 35.5. The molecule has 1 saturated carbocycles. The Morgan fingerprint density at radius 1 is 1.33 bits per heavy atom. The van der Waals surface area contributed by atoms with Gasteiger partial charge in [0.1, 0.15) is 24.7 Å². The number of hydrogen-bond acceptors (Lipinski definition) is 9. The van der Waals surface area contributed by atoms with Gasteiger partial charge in [0.15, 0.2) is 23.2 Å². The molecule has 0 radical (unpaired) electrons. The molecule has 2 aliphatic rings. The number of rotatable bonds is 7. The van der Waals surface area contributed by atoms with E-state index in [4.69, 9.17) is 21.1 Å². The van der Waals surface area contributed by atoms with Crippen LogP contribution >= 0.6 is 19.0 Å². The van der Waals surface area contributed by atoms with Crippen LogP contribution in [0.4, 0.5) is 5.82 Å². The fourth-order valence-electron chi connectivity index (χ4n) is 3.88. The van der Waals surface area contributed by atoms with Gasteiger partial charge < -0.3 is 29.9 Å². The summed E-state index contributed by atoms with van der Waals surface area (Å²) in [6, 6.07) is 0.294. The van der Waals surface area contributed by atoms with E-state index in [0.29, 0.717) is 23.0 Å². The molecule has 0 aromatic carbocycles.